The van der Waals surface area contributed by atoms with Gasteiger partial charge in [0.15, 0.2) is 0 Å². The minimum atomic E-state index is 0.737. The highest BCUT2D eigenvalue weighted by Gasteiger charge is 2.15. The first kappa shape index (κ1) is 15.4. The fraction of sp³-hybridized carbons (Fsp3) is 0. The van der Waals surface area contributed by atoms with Gasteiger partial charge in [-0.15, -0.1) is 0 Å². The van der Waals surface area contributed by atoms with Crippen molar-refractivity contribution in [3.63, 3.8) is 0 Å². The van der Waals surface area contributed by atoms with Gasteiger partial charge in [0.1, 0.15) is 0 Å². The van der Waals surface area contributed by atoms with Crippen molar-refractivity contribution in [3.05, 3.63) is 79.8 Å². The maximum Gasteiger partial charge on any atom is 0.0417 e. The molecule has 0 unspecified atom stereocenters. The summed E-state index contributed by atoms with van der Waals surface area (Å²) in [5.41, 5.74) is 2.42. The second kappa shape index (κ2) is 6.08. The summed E-state index contributed by atoms with van der Waals surface area (Å²) in [7, 11) is 0. The van der Waals surface area contributed by atoms with E-state index in [1.54, 1.807) is 0 Å². The quantitative estimate of drug-likeness (QED) is 0.188. The molecule has 4 aromatic rings. The molecule has 23 heavy (non-hydrogen) atoms. The summed E-state index contributed by atoms with van der Waals surface area (Å²) in [6, 6.07) is 23.2. The van der Waals surface area contributed by atoms with Gasteiger partial charge in [0.05, 0.1) is 0 Å². The third-order valence-corrected chi connectivity index (χ3v) is 6.08. The van der Waals surface area contributed by atoms with Gasteiger partial charge < -0.3 is 0 Å². The van der Waals surface area contributed by atoms with E-state index in [2.05, 4.69) is 93.1 Å². The van der Waals surface area contributed by atoms with Crippen LogP contribution in [0.3, 0.4) is 0 Å². The number of fused-ring (bicyclic) bond motifs is 3. The summed E-state index contributed by atoms with van der Waals surface area (Å²) >= 11 is 12.3. The van der Waals surface area contributed by atoms with Gasteiger partial charge in [0.25, 0.3) is 0 Å². The minimum Gasteiger partial charge on any atom is -0.0843 e. The molecule has 112 valence electrons. The summed E-state index contributed by atoms with van der Waals surface area (Å²) in [6.45, 7) is 0. The molecule has 0 nitrogen and oxygen atoms in total. The lowest BCUT2D eigenvalue weighted by Gasteiger charge is -2.15. The molecule has 0 radical (unpaired) electrons. The van der Waals surface area contributed by atoms with Crippen molar-refractivity contribution in [1.82, 2.24) is 0 Å². The summed E-state index contributed by atoms with van der Waals surface area (Å²) in [5, 5.41) is 5.85. The van der Waals surface area contributed by atoms with Gasteiger partial charge in [-0.1, -0.05) is 82.1 Å². The van der Waals surface area contributed by atoms with Gasteiger partial charge >= 0.3 is 0 Å². The lowest BCUT2D eigenvalue weighted by molar-refractivity contribution is 1.60. The monoisotopic (exact) mass is 492 g/mol. The number of hydrogen-bond acceptors (Lipinski definition) is 0. The van der Waals surface area contributed by atoms with E-state index in [0.717, 1.165) is 9.50 Å². The first-order valence-electron chi connectivity index (χ1n) is 7.21. The van der Waals surface area contributed by atoms with Gasteiger partial charge in [-0.05, 0) is 61.8 Å². The minimum absolute atomic E-state index is 0.737. The van der Waals surface area contributed by atoms with E-state index in [-0.39, 0.29) is 0 Å². The summed E-state index contributed by atoms with van der Waals surface area (Å²) in [4.78, 5) is 0. The van der Waals surface area contributed by atoms with Crippen LogP contribution in [0.1, 0.15) is 0 Å². The predicted octanol–water partition coefficient (Wildman–Crippen LogP) is 7.68. The second-order valence-corrected chi connectivity index (χ2v) is 7.77. The van der Waals surface area contributed by atoms with Crippen LogP contribution in [0.15, 0.2) is 71.2 Å². The molecule has 0 aromatic heterocycles. The van der Waals surface area contributed by atoms with Gasteiger partial charge in [-0.2, -0.15) is 0 Å². The zero-order valence-electron chi connectivity index (χ0n) is 12.0. The molecular weight excluding hydrogens is 482 g/mol. The molecule has 0 aliphatic carbocycles. The zero-order chi connectivity index (χ0) is 16.0. The van der Waals surface area contributed by atoms with Gasteiger partial charge in [0.2, 0.25) is 0 Å². The molecular formula is C20H11BrClI. The van der Waals surface area contributed by atoms with Crippen LogP contribution in [0.2, 0.25) is 5.02 Å². The Morgan fingerprint density at radius 1 is 0.739 bits per heavy atom. The summed E-state index contributed by atoms with van der Waals surface area (Å²) in [6.07, 6.45) is 0. The van der Waals surface area contributed by atoms with Crippen molar-refractivity contribution in [2.24, 2.45) is 0 Å². The van der Waals surface area contributed by atoms with Crippen LogP contribution in [0.4, 0.5) is 0 Å². The van der Waals surface area contributed by atoms with Gasteiger partial charge in [-0.3, -0.25) is 0 Å². The lowest BCUT2D eigenvalue weighted by atomic mass is 9.93. The van der Waals surface area contributed by atoms with Crippen molar-refractivity contribution in [3.8, 4) is 11.1 Å². The van der Waals surface area contributed by atoms with Crippen LogP contribution >= 0.6 is 50.1 Å². The fourth-order valence-corrected chi connectivity index (χ4v) is 4.99. The lowest BCUT2D eigenvalue weighted by Crippen LogP contribution is -1.90. The molecule has 3 heteroatoms. The first-order valence-corrected chi connectivity index (χ1v) is 9.46. The van der Waals surface area contributed by atoms with Crippen LogP contribution in [0.5, 0.6) is 0 Å². The van der Waals surface area contributed by atoms with Crippen molar-refractivity contribution < 1.29 is 0 Å². The fourth-order valence-electron chi connectivity index (χ4n) is 3.05. The largest absolute Gasteiger partial charge is 0.0843 e. The van der Waals surface area contributed by atoms with Crippen LogP contribution in [-0.4, -0.2) is 0 Å². The van der Waals surface area contributed by atoms with Crippen LogP contribution in [0, 0.1) is 3.57 Å². The Balaban J connectivity index is 2.23. The van der Waals surface area contributed by atoms with E-state index in [1.807, 2.05) is 12.1 Å². The van der Waals surface area contributed by atoms with Crippen molar-refractivity contribution in [2.75, 3.05) is 0 Å². The Bertz CT molecular complexity index is 1060. The molecule has 0 amide bonds. The van der Waals surface area contributed by atoms with E-state index in [1.165, 1.54) is 36.2 Å². The first-order chi connectivity index (χ1) is 11.2. The number of rotatable bonds is 1. The smallest absolute Gasteiger partial charge is 0.0417 e. The Morgan fingerprint density at radius 2 is 1.30 bits per heavy atom. The van der Waals surface area contributed by atoms with Crippen LogP contribution in [0.25, 0.3) is 32.7 Å². The Morgan fingerprint density at radius 3 is 1.96 bits per heavy atom. The molecule has 0 bridgehead atoms. The van der Waals surface area contributed by atoms with Crippen molar-refractivity contribution in [2.45, 2.75) is 0 Å². The van der Waals surface area contributed by atoms with E-state index in [0.29, 0.717) is 0 Å². The standard InChI is InChI=1S/C20H11BrClI/c21-18-11-12(22)9-10-17(18)19-15-7-3-1-5-13(15)14-6-2-4-8-16(14)20(19)23/h1-11H. The molecule has 0 aliphatic rings. The highest BCUT2D eigenvalue weighted by atomic mass is 127. The van der Waals surface area contributed by atoms with Crippen LogP contribution in [-0.2, 0) is 0 Å². The van der Waals surface area contributed by atoms with Crippen LogP contribution < -0.4 is 0 Å². The van der Waals surface area contributed by atoms with E-state index < -0.39 is 0 Å². The maximum absolute atomic E-state index is 6.13. The molecule has 4 rings (SSSR count). The number of hydrogen-bond donors (Lipinski definition) is 0. The Hall–Kier alpha value is -1.10. The average molecular weight is 494 g/mol. The van der Waals surface area contributed by atoms with Gasteiger partial charge in [-0.25, -0.2) is 0 Å². The Labute approximate surface area is 161 Å². The molecule has 0 saturated heterocycles. The van der Waals surface area contributed by atoms with E-state index in [9.17, 15) is 0 Å². The zero-order valence-corrected chi connectivity index (χ0v) is 16.5. The number of benzene rings is 4. The Kier molecular flexibility index (Phi) is 4.08. The molecule has 0 N–H and O–H groups in total. The highest BCUT2D eigenvalue weighted by molar-refractivity contribution is 14.1. The second-order valence-electron chi connectivity index (χ2n) is 5.40. The molecule has 0 atom stereocenters. The SMILES string of the molecule is Clc1ccc(-c2c(I)c3ccccc3c3ccccc23)c(Br)c1. The van der Waals surface area contributed by atoms with E-state index in [4.69, 9.17) is 11.6 Å². The molecule has 4 aromatic carbocycles. The predicted molar refractivity (Wildman–Crippen MR) is 112 cm³/mol. The molecule has 0 fully saturated rings. The molecule has 0 saturated carbocycles. The third-order valence-electron chi connectivity index (χ3n) is 4.07. The summed E-state index contributed by atoms with van der Waals surface area (Å²) in [5.74, 6) is 0. The van der Waals surface area contributed by atoms with Gasteiger partial charge in [0, 0.05) is 18.6 Å². The number of halogens is 3. The third kappa shape index (κ3) is 2.57. The van der Waals surface area contributed by atoms with Crippen molar-refractivity contribution >= 4 is 71.7 Å². The average Bonchev–Trinajstić information content (AvgIpc) is 2.57. The van der Waals surface area contributed by atoms with E-state index >= 15 is 0 Å². The molecule has 0 heterocycles. The highest BCUT2D eigenvalue weighted by Crippen LogP contribution is 2.42. The van der Waals surface area contributed by atoms with Crippen molar-refractivity contribution in [1.29, 1.82) is 0 Å². The molecule has 0 aliphatic heterocycles. The topological polar surface area (TPSA) is 0 Å². The summed E-state index contributed by atoms with van der Waals surface area (Å²) < 4.78 is 2.28. The normalized spacial score (nSPS) is 11.3. The molecule has 0 spiro atoms. The maximum atomic E-state index is 6.13.